The maximum Gasteiger partial charge on any atom is 0.323 e. The van der Waals surface area contributed by atoms with Gasteiger partial charge in [-0.25, -0.2) is 8.78 Å². The molecule has 1 aliphatic heterocycles. The van der Waals surface area contributed by atoms with Gasteiger partial charge in [0.1, 0.15) is 22.8 Å². The first kappa shape index (κ1) is 23.6. The zero-order valence-electron chi connectivity index (χ0n) is 17.2. The van der Waals surface area contributed by atoms with Gasteiger partial charge in [0.15, 0.2) is 5.92 Å². The third-order valence-corrected chi connectivity index (χ3v) is 6.27. The Labute approximate surface area is 172 Å². The van der Waals surface area contributed by atoms with Crippen LogP contribution < -0.4 is 4.72 Å². The van der Waals surface area contributed by atoms with Crippen LogP contribution in [0.5, 0.6) is 0 Å². The molecule has 0 saturated carbocycles. The van der Waals surface area contributed by atoms with Crippen LogP contribution in [-0.4, -0.2) is 33.7 Å². The molecule has 0 aliphatic carbocycles. The lowest BCUT2D eigenvalue weighted by atomic mass is 9.84. The van der Waals surface area contributed by atoms with Gasteiger partial charge in [0.25, 0.3) is 5.79 Å². The Hall–Kier alpha value is -1.71. The molecule has 1 aromatic carbocycles. The lowest BCUT2D eigenvalue weighted by Gasteiger charge is -2.38. The third kappa shape index (κ3) is 5.46. The molecule has 0 bridgehead atoms. The van der Waals surface area contributed by atoms with Crippen LogP contribution in [0.1, 0.15) is 53.0 Å². The Kier molecular flexibility index (Phi) is 6.97. The van der Waals surface area contributed by atoms with Gasteiger partial charge in [-0.1, -0.05) is 18.2 Å². The molecule has 6 nitrogen and oxygen atoms in total. The number of cyclic esters (lactones) is 2. The van der Waals surface area contributed by atoms with Gasteiger partial charge in [-0.05, 0) is 39.7 Å². The van der Waals surface area contributed by atoms with Crippen molar-refractivity contribution in [2.75, 3.05) is 6.67 Å². The molecule has 2 rings (SSSR count). The average molecular weight is 432 g/mol. The van der Waals surface area contributed by atoms with Gasteiger partial charge in [0.05, 0.1) is 0 Å². The maximum absolute atomic E-state index is 14.6. The van der Waals surface area contributed by atoms with Crippen molar-refractivity contribution in [2.24, 2.45) is 5.92 Å². The van der Waals surface area contributed by atoms with E-state index in [-0.39, 0.29) is 18.4 Å². The summed E-state index contributed by atoms with van der Waals surface area (Å²) in [5, 5.41) is 0. The van der Waals surface area contributed by atoms with E-state index in [9.17, 15) is 22.9 Å². The molecule has 0 aromatic heterocycles. The van der Waals surface area contributed by atoms with E-state index in [0.717, 1.165) is 0 Å². The molecule has 29 heavy (non-hydrogen) atoms. The number of benzene rings is 1. The van der Waals surface area contributed by atoms with Gasteiger partial charge in [-0.15, -0.1) is 4.72 Å². The van der Waals surface area contributed by atoms with E-state index in [4.69, 9.17) is 9.47 Å². The van der Waals surface area contributed by atoms with E-state index in [0.29, 0.717) is 0 Å². The molecule has 1 N–H and O–H groups in total. The zero-order valence-corrected chi connectivity index (χ0v) is 18.0. The number of hydrogen-bond acceptors (Lipinski definition) is 6. The highest BCUT2D eigenvalue weighted by Gasteiger charge is 2.47. The third-order valence-electron chi connectivity index (χ3n) is 4.58. The number of halogens is 2. The van der Waals surface area contributed by atoms with Gasteiger partial charge >= 0.3 is 11.9 Å². The summed E-state index contributed by atoms with van der Waals surface area (Å²) in [6.07, 6.45) is -0.345. The quantitative estimate of drug-likeness (QED) is 0.405. The highest BCUT2D eigenvalue weighted by molar-refractivity contribution is 7.90. The molecule has 2 atom stereocenters. The van der Waals surface area contributed by atoms with Gasteiger partial charge in [0.2, 0.25) is 0 Å². The van der Waals surface area contributed by atoms with Crippen LogP contribution in [-0.2, 0) is 36.0 Å². The summed E-state index contributed by atoms with van der Waals surface area (Å²) >= 11 is -1.74. The van der Waals surface area contributed by atoms with Crippen LogP contribution >= 0.6 is 0 Å². The summed E-state index contributed by atoms with van der Waals surface area (Å²) in [4.78, 5) is 24.5. The number of carbonyl (C=O) groups is 2. The highest BCUT2D eigenvalue weighted by Crippen LogP contribution is 2.35. The van der Waals surface area contributed by atoms with E-state index < -0.39 is 57.8 Å². The summed E-state index contributed by atoms with van der Waals surface area (Å²) in [5.41, 5.74) is -1.73. The van der Waals surface area contributed by atoms with Crippen LogP contribution in [0.2, 0.25) is 0 Å². The number of alkyl halides is 1. The van der Waals surface area contributed by atoms with Gasteiger partial charge in [-0.2, -0.15) is 0 Å². The van der Waals surface area contributed by atoms with Crippen molar-refractivity contribution in [1.82, 2.24) is 4.72 Å². The average Bonchev–Trinajstić information content (AvgIpc) is 2.58. The van der Waals surface area contributed by atoms with E-state index in [1.165, 1.54) is 38.1 Å². The van der Waals surface area contributed by atoms with Gasteiger partial charge in [-0.3, -0.25) is 9.59 Å². The molecule has 1 aliphatic rings. The number of carbonyl (C=O) groups excluding carboxylic acids is 2. The molecular weight excluding hydrogens is 404 g/mol. The summed E-state index contributed by atoms with van der Waals surface area (Å²) in [7, 11) is 0. The number of ether oxygens (including phenoxy) is 2. The predicted molar refractivity (Wildman–Crippen MR) is 104 cm³/mol. The zero-order chi connectivity index (χ0) is 22.0. The van der Waals surface area contributed by atoms with E-state index in [1.54, 1.807) is 20.8 Å². The largest absolute Gasteiger partial charge is 0.598 e. The lowest BCUT2D eigenvalue weighted by molar-refractivity contribution is -0.240. The first-order valence-corrected chi connectivity index (χ1v) is 10.4. The lowest BCUT2D eigenvalue weighted by Crippen LogP contribution is -2.54. The van der Waals surface area contributed by atoms with Gasteiger partial charge < -0.3 is 14.0 Å². The van der Waals surface area contributed by atoms with Crippen molar-refractivity contribution < 1.29 is 32.4 Å². The summed E-state index contributed by atoms with van der Waals surface area (Å²) in [6, 6.07) is 5.56. The molecule has 0 amide bonds. The fourth-order valence-corrected chi connectivity index (χ4v) is 3.88. The minimum Gasteiger partial charge on any atom is -0.598 e. The molecule has 1 fully saturated rings. The highest BCUT2D eigenvalue weighted by atomic mass is 32.2. The first-order chi connectivity index (χ1) is 13.3. The number of hydrogen-bond donors (Lipinski definition) is 1. The molecular formula is C20H27F2NO5S. The maximum atomic E-state index is 14.6. The van der Waals surface area contributed by atoms with Crippen molar-refractivity contribution in [3.8, 4) is 0 Å². The van der Waals surface area contributed by atoms with Crippen LogP contribution in [0.4, 0.5) is 8.78 Å². The summed E-state index contributed by atoms with van der Waals surface area (Å²) in [6.45, 7) is 6.84. The van der Waals surface area contributed by atoms with E-state index >= 15 is 0 Å². The number of nitrogens with one attached hydrogen (secondary N) is 1. The fourth-order valence-electron chi connectivity index (χ4n) is 2.96. The second-order valence-electron chi connectivity index (χ2n) is 8.51. The second kappa shape index (κ2) is 8.57. The number of esters is 2. The summed E-state index contributed by atoms with van der Waals surface area (Å²) < 4.78 is 53.8. The first-order valence-electron chi connectivity index (χ1n) is 9.28. The van der Waals surface area contributed by atoms with Crippen molar-refractivity contribution in [3.05, 3.63) is 35.6 Å². The monoisotopic (exact) mass is 431 g/mol. The molecule has 9 heteroatoms. The topological polar surface area (TPSA) is 87.7 Å². The summed E-state index contributed by atoms with van der Waals surface area (Å²) in [5.74, 6) is -4.91. The molecule has 1 aromatic rings. The van der Waals surface area contributed by atoms with Crippen LogP contribution in [0.25, 0.3) is 0 Å². The van der Waals surface area contributed by atoms with E-state index in [2.05, 4.69) is 4.72 Å². The Morgan fingerprint density at radius 3 is 2.21 bits per heavy atom. The minimum absolute atomic E-state index is 0.0297. The van der Waals surface area contributed by atoms with Crippen LogP contribution in [0.15, 0.2) is 24.3 Å². The van der Waals surface area contributed by atoms with Crippen molar-refractivity contribution >= 4 is 23.3 Å². The number of rotatable bonds is 7. The van der Waals surface area contributed by atoms with E-state index in [1.807, 2.05) is 0 Å². The molecule has 0 spiro atoms. The minimum atomic E-state index is -1.74. The van der Waals surface area contributed by atoms with Crippen molar-refractivity contribution in [2.45, 2.75) is 63.5 Å². The molecule has 1 heterocycles. The van der Waals surface area contributed by atoms with Crippen molar-refractivity contribution in [3.63, 3.8) is 0 Å². The SMILES string of the molecule is CC1(C)OC(=O)C(CC[C@](CF)(N[S+]([O-])C(C)(C)C)c2ccccc2F)C(=O)O1. The van der Waals surface area contributed by atoms with Gasteiger partial charge in [0, 0.05) is 30.8 Å². The molecule has 1 unspecified atom stereocenters. The normalized spacial score (nSPS) is 20.6. The molecule has 1 saturated heterocycles. The fraction of sp³-hybridized carbons (Fsp3) is 0.600. The van der Waals surface area contributed by atoms with Crippen LogP contribution in [0, 0.1) is 11.7 Å². The smallest absolute Gasteiger partial charge is 0.323 e. The molecule has 0 radical (unpaired) electrons. The molecule has 162 valence electrons. The van der Waals surface area contributed by atoms with Crippen molar-refractivity contribution in [1.29, 1.82) is 0 Å². The predicted octanol–water partition coefficient (Wildman–Crippen LogP) is 3.27. The van der Waals surface area contributed by atoms with Crippen LogP contribution in [0.3, 0.4) is 0 Å². The Bertz CT molecular complexity index is 747. The Balaban J connectivity index is 2.34. The second-order valence-corrected chi connectivity index (χ2v) is 10.5. The standard InChI is InChI=1S/C20H27F2NO5S/c1-18(2,3)29(26)23-20(12-21,14-8-6-7-9-15(14)22)11-10-13-16(24)27-19(4,5)28-17(13)25/h6-9,13,23H,10-12H2,1-5H3/t20-,29?/m1/s1. The Morgan fingerprint density at radius 2 is 1.72 bits per heavy atom. The Morgan fingerprint density at radius 1 is 1.17 bits per heavy atom.